The van der Waals surface area contributed by atoms with Crippen LogP contribution in [0.2, 0.25) is 0 Å². The molecule has 7 nitrogen and oxygen atoms in total. The summed E-state index contributed by atoms with van der Waals surface area (Å²) >= 11 is 0. The van der Waals surface area contributed by atoms with Crippen molar-refractivity contribution < 1.29 is 27.9 Å². The number of carboxylic acids is 1. The van der Waals surface area contributed by atoms with E-state index in [4.69, 9.17) is 4.74 Å². The van der Waals surface area contributed by atoms with Crippen LogP contribution in [0.15, 0.2) is 24.3 Å². The summed E-state index contributed by atoms with van der Waals surface area (Å²) in [5, 5.41) is 9.74. The Balaban J connectivity index is 3.06. The molecule has 0 fully saturated rings. The number of sulfonamides is 1. The Morgan fingerprint density at radius 2 is 1.59 bits per heavy atom. The van der Waals surface area contributed by atoms with Gasteiger partial charge in [-0.2, -0.15) is 0 Å². The van der Waals surface area contributed by atoms with Gasteiger partial charge >= 0.3 is 11.9 Å². The van der Waals surface area contributed by atoms with Crippen molar-refractivity contribution in [2.75, 3.05) is 6.26 Å². The average molecular weight is 428 g/mol. The number of aliphatic carboxylic acids is 1. The number of rotatable bonds is 10. The van der Waals surface area contributed by atoms with Gasteiger partial charge in [0.05, 0.1) is 18.1 Å². The van der Waals surface area contributed by atoms with Crippen LogP contribution in [-0.4, -0.2) is 37.3 Å². The Labute approximate surface area is 173 Å². The van der Waals surface area contributed by atoms with Crippen LogP contribution in [0.25, 0.3) is 0 Å². The van der Waals surface area contributed by atoms with Crippen molar-refractivity contribution in [1.82, 2.24) is 4.72 Å². The fourth-order valence-corrected chi connectivity index (χ4v) is 3.40. The smallest absolute Gasteiger partial charge is 0.310 e. The van der Waals surface area contributed by atoms with Crippen LogP contribution >= 0.6 is 0 Å². The van der Waals surface area contributed by atoms with Gasteiger partial charge < -0.3 is 9.84 Å². The number of ether oxygens (including phenoxy) is 1. The van der Waals surface area contributed by atoms with E-state index in [-0.39, 0.29) is 18.9 Å². The van der Waals surface area contributed by atoms with Crippen molar-refractivity contribution in [2.45, 2.75) is 59.6 Å². The summed E-state index contributed by atoms with van der Waals surface area (Å²) in [4.78, 5) is 24.7. The van der Waals surface area contributed by atoms with E-state index in [0.29, 0.717) is 6.42 Å². The first kappa shape index (κ1) is 25.1. The monoisotopic (exact) mass is 427 g/mol. The average Bonchev–Trinajstić information content (AvgIpc) is 2.54. The van der Waals surface area contributed by atoms with Crippen molar-refractivity contribution in [1.29, 1.82) is 0 Å². The fraction of sp³-hybridized carbons (Fsp3) is 0.619. The van der Waals surface area contributed by atoms with Gasteiger partial charge in [0.2, 0.25) is 10.0 Å². The van der Waals surface area contributed by atoms with E-state index in [9.17, 15) is 23.1 Å². The molecule has 0 aromatic heterocycles. The van der Waals surface area contributed by atoms with Crippen LogP contribution in [0.5, 0.6) is 0 Å². The van der Waals surface area contributed by atoms with Crippen LogP contribution in [0.3, 0.4) is 0 Å². The standard InChI is InChI=1S/C21H33NO6S/c1-14(2)11-17(19(23)24)18(20(25)28-21(3,4)5)12-15-7-9-16(10-8-15)13-22-29(6,26)27/h7-10,14,17-18,22H,11-13H2,1-6H3,(H,23,24)/t17-,18?/m1/s1. The molecule has 0 aliphatic rings. The molecule has 2 atom stereocenters. The number of esters is 1. The second kappa shape index (κ2) is 10.2. The normalized spacial score (nSPS) is 14.4. The maximum absolute atomic E-state index is 12.8. The Hall–Kier alpha value is -1.93. The Bertz CT molecular complexity index is 793. The first-order valence-corrected chi connectivity index (χ1v) is 11.5. The highest BCUT2D eigenvalue weighted by atomic mass is 32.2. The second-order valence-corrected chi connectivity index (χ2v) is 10.7. The molecule has 164 valence electrons. The highest BCUT2D eigenvalue weighted by Crippen LogP contribution is 2.28. The number of hydrogen-bond donors (Lipinski definition) is 2. The molecule has 2 N–H and O–H groups in total. The summed E-state index contributed by atoms with van der Waals surface area (Å²) in [6.45, 7) is 9.27. The molecule has 8 heteroatoms. The minimum atomic E-state index is -3.29. The van der Waals surface area contributed by atoms with E-state index in [1.54, 1.807) is 45.0 Å². The van der Waals surface area contributed by atoms with Gasteiger partial charge in [0, 0.05) is 6.54 Å². The van der Waals surface area contributed by atoms with Crippen LogP contribution in [0, 0.1) is 17.8 Å². The van der Waals surface area contributed by atoms with E-state index in [0.717, 1.165) is 17.4 Å². The molecule has 0 saturated carbocycles. The number of carboxylic acid groups (broad SMARTS) is 1. The van der Waals surface area contributed by atoms with Gasteiger partial charge in [-0.1, -0.05) is 38.1 Å². The predicted octanol–water partition coefficient (Wildman–Crippen LogP) is 2.98. The van der Waals surface area contributed by atoms with Crippen molar-refractivity contribution >= 4 is 22.0 Å². The summed E-state index contributed by atoms with van der Waals surface area (Å²) in [6, 6.07) is 7.09. The first-order valence-electron chi connectivity index (χ1n) is 9.66. The molecular weight excluding hydrogens is 394 g/mol. The molecule has 0 amide bonds. The van der Waals surface area contributed by atoms with Crippen molar-refractivity contribution in [3.8, 4) is 0 Å². The maximum Gasteiger partial charge on any atom is 0.310 e. The molecular formula is C21H33NO6S. The molecule has 0 heterocycles. The molecule has 0 radical (unpaired) electrons. The van der Waals surface area contributed by atoms with Gasteiger partial charge in [-0.05, 0) is 50.7 Å². The summed E-state index contributed by atoms with van der Waals surface area (Å²) < 4.78 is 30.4. The van der Waals surface area contributed by atoms with E-state index < -0.39 is 39.4 Å². The quantitative estimate of drug-likeness (QED) is 0.556. The lowest BCUT2D eigenvalue weighted by molar-refractivity contribution is -0.167. The Morgan fingerprint density at radius 3 is 2.00 bits per heavy atom. The maximum atomic E-state index is 12.8. The number of carbonyl (C=O) groups excluding carboxylic acids is 1. The molecule has 0 aliphatic heterocycles. The third kappa shape index (κ3) is 9.89. The van der Waals surface area contributed by atoms with E-state index >= 15 is 0 Å². The van der Waals surface area contributed by atoms with Gasteiger partial charge in [0.15, 0.2) is 0 Å². The molecule has 29 heavy (non-hydrogen) atoms. The Morgan fingerprint density at radius 1 is 1.07 bits per heavy atom. The van der Waals surface area contributed by atoms with Crippen molar-refractivity contribution in [3.63, 3.8) is 0 Å². The zero-order valence-electron chi connectivity index (χ0n) is 18.1. The van der Waals surface area contributed by atoms with Crippen molar-refractivity contribution in [2.24, 2.45) is 17.8 Å². The minimum absolute atomic E-state index is 0.116. The molecule has 1 aromatic rings. The molecule has 1 unspecified atom stereocenters. The molecule has 0 saturated heterocycles. The lowest BCUT2D eigenvalue weighted by Crippen LogP contribution is -2.37. The van der Waals surface area contributed by atoms with Crippen LogP contribution in [0.4, 0.5) is 0 Å². The van der Waals surface area contributed by atoms with Gasteiger partial charge in [-0.3, -0.25) is 9.59 Å². The van der Waals surface area contributed by atoms with Gasteiger partial charge in [0.25, 0.3) is 0 Å². The molecule has 0 aliphatic carbocycles. The minimum Gasteiger partial charge on any atom is -0.481 e. The molecule has 1 rings (SSSR count). The highest BCUT2D eigenvalue weighted by molar-refractivity contribution is 7.88. The first-order chi connectivity index (χ1) is 13.2. The zero-order chi connectivity index (χ0) is 22.4. The zero-order valence-corrected chi connectivity index (χ0v) is 18.9. The predicted molar refractivity (Wildman–Crippen MR) is 112 cm³/mol. The summed E-state index contributed by atoms with van der Waals surface area (Å²) in [5.74, 6) is -3.08. The number of hydrogen-bond acceptors (Lipinski definition) is 5. The largest absolute Gasteiger partial charge is 0.481 e. The van der Waals surface area contributed by atoms with E-state index in [1.165, 1.54) is 0 Å². The van der Waals surface area contributed by atoms with Gasteiger partial charge in [0.1, 0.15) is 5.60 Å². The SMILES string of the molecule is CC(C)C[C@@H](C(=O)O)C(Cc1ccc(CNS(C)(=O)=O)cc1)C(=O)OC(C)(C)C. The lowest BCUT2D eigenvalue weighted by atomic mass is 9.81. The number of nitrogens with one attached hydrogen (secondary N) is 1. The third-order valence-corrected chi connectivity index (χ3v) is 4.92. The highest BCUT2D eigenvalue weighted by Gasteiger charge is 2.37. The summed E-state index contributed by atoms with van der Waals surface area (Å²) in [5.41, 5.74) is 0.848. The number of benzene rings is 1. The summed E-state index contributed by atoms with van der Waals surface area (Å²) in [6.07, 6.45) is 1.70. The van der Waals surface area contributed by atoms with Crippen LogP contribution in [-0.2, 0) is 37.3 Å². The lowest BCUT2D eigenvalue weighted by Gasteiger charge is -2.28. The Kier molecular flexibility index (Phi) is 8.84. The fourth-order valence-electron chi connectivity index (χ4n) is 2.97. The molecule has 1 aromatic carbocycles. The van der Waals surface area contributed by atoms with Crippen LogP contribution < -0.4 is 4.72 Å². The molecule has 0 spiro atoms. The van der Waals surface area contributed by atoms with Gasteiger partial charge in [-0.15, -0.1) is 0 Å². The molecule has 0 bridgehead atoms. The van der Waals surface area contributed by atoms with E-state index in [2.05, 4.69) is 4.72 Å². The number of carbonyl (C=O) groups is 2. The summed E-state index contributed by atoms with van der Waals surface area (Å²) in [7, 11) is -3.29. The van der Waals surface area contributed by atoms with E-state index in [1.807, 2.05) is 13.8 Å². The second-order valence-electron chi connectivity index (χ2n) is 8.83. The van der Waals surface area contributed by atoms with Crippen LogP contribution in [0.1, 0.15) is 52.2 Å². The van der Waals surface area contributed by atoms with Crippen molar-refractivity contribution in [3.05, 3.63) is 35.4 Å². The topological polar surface area (TPSA) is 110 Å². The third-order valence-electron chi connectivity index (χ3n) is 4.25. The van der Waals surface area contributed by atoms with Gasteiger partial charge in [-0.25, -0.2) is 13.1 Å².